The second-order valence-electron chi connectivity index (χ2n) is 5.94. The molecule has 134 valence electrons. The summed E-state index contributed by atoms with van der Waals surface area (Å²) < 4.78 is 5.35. The molecule has 0 saturated heterocycles. The first-order valence-electron chi connectivity index (χ1n) is 8.35. The van der Waals surface area contributed by atoms with Crippen molar-refractivity contribution in [1.29, 1.82) is 0 Å². The van der Waals surface area contributed by atoms with Gasteiger partial charge in [-0.3, -0.25) is 9.59 Å². The monoisotopic (exact) mass is 360 g/mol. The topological polar surface area (TPSA) is 67.4 Å². The lowest BCUT2D eigenvalue weighted by molar-refractivity contribution is -0.121. The Labute approximate surface area is 152 Å². The molecular weight excluding hydrogens is 336 g/mol. The fraction of sp³-hybridized carbons (Fsp3) is 0.368. The van der Waals surface area contributed by atoms with Crippen LogP contribution in [-0.4, -0.2) is 25.0 Å². The highest BCUT2D eigenvalue weighted by molar-refractivity contribution is 7.10. The predicted octanol–water partition coefficient (Wildman–Crippen LogP) is 3.39. The third-order valence-corrected chi connectivity index (χ3v) is 4.63. The van der Waals surface area contributed by atoms with Crippen LogP contribution >= 0.6 is 11.3 Å². The van der Waals surface area contributed by atoms with Gasteiger partial charge < -0.3 is 15.4 Å². The van der Waals surface area contributed by atoms with Gasteiger partial charge in [-0.25, -0.2) is 0 Å². The smallest absolute Gasteiger partial charge is 0.251 e. The van der Waals surface area contributed by atoms with Crippen molar-refractivity contribution in [3.8, 4) is 5.75 Å². The van der Waals surface area contributed by atoms with Crippen molar-refractivity contribution < 1.29 is 14.3 Å². The fourth-order valence-corrected chi connectivity index (χ4v) is 3.34. The van der Waals surface area contributed by atoms with E-state index in [1.54, 1.807) is 35.6 Å². The molecule has 0 fully saturated rings. The van der Waals surface area contributed by atoms with E-state index in [4.69, 9.17) is 4.74 Å². The molecule has 2 N–H and O–H groups in total. The van der Waals surface area contributed by atoms with Gasteiger partial charge in [0.2, 0.25) is 5.91 Å². The number of amides is 2. The van der Waals surface area contributed by atoms with Gasteiger partial charge in [0, 0.05) is 10.4 Å². The quantitative estimate of drug-likeness (QED) is 0.758. The average Bonchev–Trinajstić information content (AvgIpc) is 3.12. The Bertz CT molecular complexity index is 681. The van der Waals surface area contributed by atoms with Crippen molar-refractivity contribution in [2.24, 2.45) is 5.92 Å². The Kier molecular flexibility index (Phi) is 7.01. The van der Waals surface area contributed by atoms with Crippen LogP contribution < -0.4 is 15.4 Å². The molecule has 0 aliphatic heterocycles. The van der Waals surface area contributed by atoms with Crippen LogP contribution in [0.5, 0.6) is 5.75 Å². The van der Waals surface area contributed by atoms with E-state index in [1.807, 2.05) is 24.4 Å². The number of benzene rings is 1. The summed E-state index contributed by atoms with van der Waals surface area (Å²) in [7, 11) is 0. The van der Waals surface area contributed by atoms with E-state index in [2.05, 4.69) is 24.5 Å². The normalized spacial score (nSPS) is 11.8. The molecule has 1 aromatic carbocycles. The molecule has 0 radical (unpaired) electrons. The lowest BCUT2D eigenvalue weighted by Crippen LogP contribution is -2.39. The van der Waals surface area contributed by atoms with Gasteiger partial charge in [0.05, 0.1) is 19.2 Å². The Morgan fingerprint density at radius 3 is 2.44 bits per heavy atom. The molecule has 0 spiro atoms. The zero-order chi connectivity index (χ0) is 18.2. The summed E-state index contributed by atoms with van der Waals surface area (Å²) in [6.45, 7) is 6.54. The van der Waals surface area contributed by atoms with Gasteiger partial charge in [0.15, 0.2) is 0 Å². The number of nitrogens with one attached hydrogen (secondary N) is 2. The van der Waals surface area contributed by atoms with Gasteiger partial charge >= 0.3 is 0 Å². The number of rotatable bonds is 8. The van der Waals surface area contributed by atoms with Crippen LogP contribution in [0.4, 0.5) is 0 Å². The Hall–Kier alpha value is -2.34. The fourth-order valence-electron chi connectivity index (χ4n) is 2.39. The summed E-state index contributed by atoms with van der Waals surface area (Å²) in [5.74, 6) is 0.499. The number of ether oxygens (including phenoxy) is 1. The first-order chi connectivity index (χ1) is 12.0. The van der Waals surface area contributed by atoms with E-state index in [1.165, 1.54) is 0 Å². The minimum Gasteiger partial charge on any atom is -0.494 e. The first-order valence-corrected chi connectivity index (χ1v) is 9.23. The Morgan fingerprint density at radius 2 is 1.88 bits per heavy atom. The van der Waals surface area contributed by atoms with Gasteiger partial charge in [0.1, 0.15) is 5.75 Å². The van der Waals surface area contributed by atoms with Crippen LogP contribution in [0.3, 0.4) is 0 Å². The number of hydrogen-bond acceptors (Lipinski definition) is 4. The molecule has 2 amide bonds. The highest BCUT2D eigenvalue weighted by Crippen LogP contribution is 2.25. The Balaban J connectivity index is 1.87. The molecule has 1 aromatic heterocycles. The van der Waals surface area contributed by atoms with E-state index in [0.29, 0.717) is 17.9 Å². The van der Waals surface area contributed by atoms with Crippen LogP contribution in [0, 0.1) is 5.92 Å². The van der Waals surface area contributed by atoms with Crippen LogP contribution in [0.1, 0.15) is 42.0 Å². The van der Waals surface area contributed by atoms with Crippen molar-refractivity contribution >= 4 is 23.2 Å². The highest BCUT2D eigenvalue weighted by Gasteiger charge is 2.19. The molecule has 25 heavy (non-hydrogen) atoms. The molecule has 2 rings (SSSR count). The minimum atomic E-state index is -0.282. The molecule has 1 unspecified atom stereocenters. The van der Waals surface area contributed by atoms with Crippen LogP contribution in [0.25, 0.3) is 0 Å². The SMILES string of the molecule is CCOc1ccc(C(=O)NCC(=O)NC(c2cccs2)C(C)C)cc1. The summed E-state index contributed by atoms with van der Waals surface area (Å²) in [4.78, 5) is 25.4. The zero-order valence-corrected chi connectivity index (χ0v) is 15.6. The van der Waals surface area contributed by atoms with E-state index in [-0.39, 0.29) is 30.3 Å². The summed E-state index contributed by atoms with van der Waals surface area (Å²) in [5, 5.41) is 7.63. The van der Waals surface area contributed by atoms with Gasteiger partial charge in [-0.05, 0) is 48.6 Å². The number of hydrogen-bond donors (Lipinski definition) is 2. The van der Waals surface area contributed by atoms with Gasteiger partial charge in [-0.15, -0.1) is 11.3 Å². The number of carbonyl (C=O) groups is 2. The maximum absolute atomic E-state index is 12.2. The van der Waals surface area contributed by atoms with Crippen molar-refractivity contribution in [1.82, 2.24) is 10.6 Å². The molecular formula is C19H24N2O3S. The van der Waals surface area contributed by atoms with Gasteiger partial charge in [0.25, 0.3) is 5.91 Å². The third kappa shape index (κ3) is 5.60. The highest BCUT2D eigenvalue weighted by atomic mass is 32.1. The maximum atomic E-state index is 12.2. The van der Waals surface area contributed by atoms with Crippen LogP contribution in [0.15, 0.2) is 41.8 Å². The summed E-state index contributed by atoms with van der Waals surface area (Å²) in [6.07, 6.45) is 0. The molecule has 2 aromatic rings. The van der Waals surface area contributed by atoms with Crippen molar-refractivity contribution in [3.05, 3.63) is 52.2 Å². The molecule has 0 aliphatic rings. The molecule has 0 saturated carbocycles. The van der Waals surface area contributed by atoms with Crippen molar-refractivity contribution in [2.45, 2.75) is 26.8 Å². The lowest BCUT2D eigenvalue weighted by Gasteiger charge is -2.21. The summed E-state index contributed by atoms with van der Waals surface area (Å²) in [5.41, 5.74) is 0.495. The van der Waals surface area contributed by atoms with Crippen molar-refractivity contribution in [2.75, 3.05) is 13.2 Å². The third-order valence-electron chi connectivity index (χ3n) is 3.67. The largest absolute Gasteiger partial charge is 0.494 e. The number of thiophene rings is 1. The average molecular weight is 360 g/mol. The predicted molar refractivity (Wildman–Crippen MR) is 100.0 cm³/mol. The molecule has 0 bridgehead atoms. The second-order valence-corrected chi connectivity index (χ2v) is 6.92. The number of carbonyl (C=O) groups excluding carboxylic acids is 2. The van der Waals surface area contributed by atoms with E-state index in [0.717, 1.165) is 4.88 Å². The molecule has 1 atom stereocenters. The van der Waals surface area contributed by atoms with E-state index < -0.39 is 0 Å². The second kappa shape index (κ2) is 9.22. The lowest BCUT2D eigenvalue weighted by atomic mass is 10.0. The van der Waals surface area contributed by atoms with Crippen LogP contribution in [-0.2, 0) is 4.79 Å². The summed E-state index contributed by atoms with van der Waals surface area (Å²) in [6, 6.07) is 10.8. The van der Waals surface area contributed by atoms with E-state index in [9.17, 15) is 9.59 Å². The van der Waals surface area contributed by atoms with E-state index >= 15 is 0 Å². The maximum Gasteiger partial charge on any atom is 0.251 e. The van der Waals surface area contributed by atoms with Gasteiger partial charge in [-0.2, -0.15) is 0 Å². The first kappa shape index (κ1) is 19.0. The zero-order valence-electron chi connectivity index (χ0n) is 14.7. The minimum absolute atomic E-state index is 0.0464. The molecule has 0 aliphatic carbocycles. The molecule has 6 heteroatoms. The van der Waals surface area contributed by atoms with Crippen molar-refractivity contribution in [3.63, 3.8) is 0 Å². The van der Waals surface area contributed by atoms with Crippen LogP contribution in [0.2, 0.25) is 0 Å². The molecule has 5 nitrogen and oxygen atoms in total. The van der Waals surface area contributed by atoms with Gasteiger partial charge in [-0.1, -0.05) is 19.9 Å². The molecule has 1 heterocycles. The standard InChI is InChI=1S/C19H24N2O3S/c1-4-24-15-9-7-14(8-10-15)19(23)20-12-17(22)21-18(13(2)3)16-6-5-11-25-16/h5-11,13,18H,4,12H2,1-3H3,(H,20,23)(H,21,22). The Morgan fingerprint density at radius 1 is 1.16 bits per heavy atom. The summed E-state index contributed by atoms with van der Waals surface area (Å²) >= 11 is 1.61.